The molecule has 0 aromatic heterocycles. The van der Waals surface area contributed by atoms with E-state index < -0.39 is 5.41 Å². The van der Waals surface area contributed by atoms with Crippen molar-refractivity contribution in [3.63, 3.8) is 0 Å². The highest BCUT2D eigenvalue weighted by Gasteiger charge is 2.52. The van der Waals surface area contributed by atoms with Crippen molar-refractivity contribution in [2.24, 2.45) is 5.41 Å². The lowest BCUT2D eigenvalue weighted by atomic mass is 9.77. The molecular formula is C12H16O3. The second-order valence-electron chi connectivity index (χ2n) is 4.30. The zero-order valence-corrected chi connectivity index (χ0v) is 9.04. The first-order valence-electron chi connectivity index (χ1n) is 5.53. The van der Waals surface area contributed by atoms with Crippen LogP contribution in [0.4, 0.5) is 0 Å². The zero-order chi connectivity index (χ0) is 10.9. The summed E-state index contributed by atoms with van der Waals surface area (Å²) < 4.78 is 4.82. The standard InChI is InChI=1S/C12H16O3/c1-15-11(14)12(8-4-7-10(12)13)9-5-2-3-6-9/h5H,2-4,6-8H2,1H3. The molecule has 0 aromatic carbocycles. The fraction of sp³-hybridized carbons (Fsp3) is 0.667. The maximum Gasteiger partial charge on any atom is 0.323 e. The van der Waals surface area contributed by atoms with E-state index in [-0.39, 0.29) is 11.8 Å². The van der Waals surface area contributed by atoms with Crippen LogP contribution in [-0.2, 0) is 14.3 Å². The third-order valence-electron chi connectivity index (χ3n) is 3.55. The molecule has 0 heterocycles. The minimum absolute atomic E-state index is 0.0579. The number of hydrogen-bond donors (Lipinski definition) is 0. The van der Waals surface area contributed by atoms with Crippen LogP contribution in [-0.4, -0.2) is 18.9 Å². The second kappa shape index (κ2) is 3.80. The molecule has 0 bridgehead atoms. The number of esters is 1. The Morgan fingerprint density at radius 2 is 2.20 bits per heavy atom. The lowest BCUT2D eigenvalue weighted by Crippen LogP contribution is -2.37. The maximum atomic E-state index is 11.9. The number of hydrogen-bond acceptors (Lipinski definition) is 3. The Hall–Kier alpha value is -1.12. The average molecular weight is 208 g/mol. The van der Waals surface area contributed by atoms with Gasteiger partial charge in [-0.25, -0.2) is 0 Å². The molecule has 82 valence electrons. The molecule has 0 spiro atoms. The minimum atomic E-state index is -0.898. The minimum Gasteiger partial charge on any atom is -0.468 e. The summed E-state index contributed by atoms with van der Waals surface area (Å²) in [5, 5.41) is 0. The fourth-order valence-corrected chi connectivity index (χ4v) is 2.79. The van der Waals surface area contributed by atoms with Gasteiger partial charge in [-0.05, 0) is 37.7 Å². The highest BCUT2D eigenvalue weighted by molar-refractivity contribution is 6.08. The van der Waals surface area contributed by atoms with Crippen LogP contribution in [0.2, 0.25) is 0 Å². The Balaban J connectivity index is 2.38. The smallest absolute Gasteiger partial charge is 0.323 e. The Labute approximate surface area is 89.5 Å². The molecule has 1 saturated carbocycles. The monoisotopic (exact) mass is 208 g/mol. The molecule has 0 radical (unpaired) electrons. The molecule has 1 fully saturated rings. The first-order chi connectivity index (χ1) is 7.21. The molecule has 2 aliphatic rings. The van der Waals surface area contributed by atoms with Crippen molar-refractivity contribution in [1.82, 2.24) is 0 Å². The summed E-state index contributed by atoms with van der Waals surface area (Å²) in [5.74, 6) is -0.291. The van der Waals surface area contributed by atoms with E-state index in [1.165, 1.54) is 7.11 Å². The Kier molecular flexibility index (Phi) is 2.63. The number of ketones is 1. The second-order valence-corrected chi connectivity index (χ2v) is 4.30. The fourth-order valence-electron chi connectivity index (χ4n) is 2.79. The van der Waals surface area contributed by atoms with E-state index in [0.717, 1.165) is 31.3 Å². The highest BCUT2D eigenvalue weighted by atomic mass is 16.5. The first kappa shape index (κ1) is 10.4. The number of allylic oxidation sites excluding steroid dienone is 1. The predicted octanol–water partition coefficient (Wildman–Crippen LogP) is 2.01. The molecule has 3 nitrogen and oxygen atoms in total. The van der Waals surface area contributed by atoms with Crippen molar-refractivity contribution in [1.29, 1.82) is 0 Å². The average Bonchev–Trinajstić information content (AvgIpc) is 2.86. The van der Waals surface area contributed by atoms with Crippen LogP contribution < -0.4 is 0 Å². The molecule has 15 heavy (non-hydrogen) atoms. The molecule has 2 rings (SSSR count). The summed E-state index contributed by atoms with van der Waals surface area (Å²) in [7, 11) is 1.37. The third-order valence-corrected chi connectivity index (χ3v) is 3.55. The van der Waals surface area contributed by atoms with E-state index in [2.05, 4.69) is 6.08 Å². The summed E-state index contributed by atoms with van der Waals surface area (Å²) in [5.41, 5.74) is 0.113. The molecule has 3 heteroatoms. The number of Topliss-reactive ketones (excluding diaryl/α,β-unsaturated/α-hetero) is 1. The normalized spacial score (nSPS) is 30.5. The van der Waals surface area contributed by atoms with Crippen molar-refractivity contribution < 1.29 is 14.3 Å². The molecule has 0 aliphatic heterocycles. The van der Waals surface area contributed by atoms with Gasteiger partial charge < -0.3 is 4.74 Å². The van der Waals surface area contributed by atoms with Crippen LogP contribution in [0.1, 0.15) is 38.5 Å². The van der Waals surface area contributed by atoms with Gasteiger partial charge in [-0.2, -0.15) is 0 Å². The number of rotatable bonds is 2. The van der Waals surface area contributed by atoms with Gasteiger partial charge in [-0.15, -0.1) is 0 Å². The van der Waals surface area contributed by atoms with Gasteiger partial charge in [0.25, 0.3) is 0 Å². The lowest BCUT2D eigenvalue weighted by Gasteiger charge is -2.25. The van der Waals surface area contributed by atoms with E-state index in [1.54, 1.807) is 0 Å². The first-order valence-corrected chi connectivity index (χ1v) is 5.53. The lowest BCUT2D eigenvalue weighted by molar-refractivity contribution is -0.153. The molecule has 1 unspecified atom stereocenters. The number of carbonyl (C=O) groups is 2. The number of carbonyl (C=O) groups excluding carboxylic acids is 2. The number of methoxy groups -OCH3 is 1. The molecule has 0 N–H and O–H groups in total. The topological polar surface area (TPSA) is 43.4 Å². The van der Waals surface area contributed by atoms with Crippen LogP contribution in [0.3, 0.4) is 0 Å². The Bertz CT molecular complexity index is 330. The summed E-state index contributed by atoms with van der Waals surface area (Å²) in [6.07, 6.45) is 6.95. The van der Waals surface area contributed by atoms with Crippen molar-refractivity contribution in [3.05, 3.63) is 11.6 Å². The van der Waals surface area contributed by atoms with Crippen molar-refractivity contribution >= 4 is 11.8 Å². The van der Waals surface area contributed by atoms with Gasteiger partial charge in [-0.1, -0.05) is 6.08 Å². The van der Waals surface area contributed by atoms with Gasteiger partial charge in [0.15, 0.2) is 5.78 Å². The Morgan fingerprint density at radius 1 is 1.40 bits per heavy atom. The van der Waals surface area contributed by atoms with Crippen LogP contribution >= 0.6 is 0 Å². The van der Waals surface area contributed by atoms with Crippen LogP contribution in [0.15, 0.2) is 11.6 Å². The summed E-state index contributed by atoms with van der Waals surface area (Å²) in [4.78, 5) is 23.8. The van der Waals surface area contributed by atoms with Gasteiger partial charge in [0.2, 0.25) is 0 Å². The largest absolute Gasteiger partial charge is 0.468 e. The predicted molar refractivity (Wildman–Crippen MR) is 55.2 cm³/mol. The summed E-state index contributed by atoms with van der Waals surface area (Å²) in [6, 6.07) is 0. The van der Waals surface area contributed by atoms with Gasteiger partial charge in [-0.3, -0.25) is 9.59 Å². The van der Waals surface area contributed by atoms with Crippen molar-refractivity contribution in [2.45, 2.75) is 38.5 Å². The molecule has 2 aliphatic carbocycles. The van der Waals surface area contributed by atoms with E-state index in [4.69, 9.17) is 4.74 Å². The van der Waals surface area contributed by atoms with Crippen LogP contribution in [0.25, 0.3) is 0 Å². The summed E-state index contributed by atoms with van der Waals surface area (Å²) in [6.45, 7) is 0. The molecule has 1 atom stereocenters. The van der Waals surface area contributed by atoms with Crippen LogP contribution in [0.5, 0.6) is 0 Å². The van der Waals surface area contributed by atoms with E-state index in [9.17, 15) is 9.59 Å². The van der Waals surface area contributed by atoms with Crippen LogP contribution in [0, 0.1) is 5.41 Å². The third kappa shape index (κ3) is 1.41. The van der Waals surface area contributed by atoms with Gasteiger partial charge in [0.05, 0.1) is 7.11 Å². The van der Waals surface area contributed by atoms with Gasteiger partial charge >= 0.3 is 5.97 Å². The highest BCUT2D eigenvalue weighted by Crippen LogP contribution is 2.46. The van der Waals surface area contributed by atoms with E-state index >= 15 is 0 Å². The Morgan fingerprint density at radius 3 is 2.67 bits per heavy atom. The van der Waals surface area contributed by atoms with Gasteiger partial charge in [0.1, 0.15) is 5.41 Å². The van der Waals surface area contributed by atoms with E-state index in [1.807, 2.05) is 0 Å². The quantitative estimate of drug-likeness (QED) is 0.396. The van der Waals surface area contributed by atoms with Gasteiger partial charge in [0, 0.05) is 6.42 Å². The SMILES string of the molecule is COC(=O)C1(C2=CCCC2)CCCC1=O. The molecule has 0 saturated heterocycles. The molecule has 0 amide bonds. The molecular weight excluding hydrogens is 192 g/mol. The zero-order valence-electron chi connectivity index (χ0n) is 9.04. The van der Waals surface area contributed by atoms with E-state index in [0.29, 0.717) is 12.8 Å². The summed E-state index contributed by atoms with van der Waals surface area (Å²) >= 11 is 0. The van der Waals surface area contributed by atoms with Crippen molar-refractivity contribution in [3.8, 4) is 0 Å². The maximum absolute atomic E-state index is 11.9. The molecule has 0 aromatic rings. The number of ether oxygens (including phenoxy) is 1. The van der Waals surface area contributed by atoms with Crippen molar-refractivity contribution in [2.75, 3.05) is 7.11 Å².